The molecule has 0 saturated carbocycles. The fourth-order valence-electron chi connectivity index (χ4n) is 3.80. The van der Waals surface area contributed by atoms with Crippen LogP contribution in [-0.4, -0.2) is 37.6 Å². The molecule has 0 fully saturated rings. The van der Waals surface area contributed by atoms with E-state index in [9.17, 15) is 4.79 Å². The summed E-state index contributed by atoms with van der Waals surface area (Å²) in [4.78, 5) is 25.8. The summed E-state index contributed by atoms with van der Waals surface area (Å²) in [7, 11) is 1.59. The molecule has 0 spiro atoms. The monoisotopic (exact) mass is 459 g/mol. The molecule has 0 aliphatic carbocycles. The van der Waals surface area contributed by atoms with Gasteiger partial charge in [0, 0.05) is 34.4 Å². The quantitative estimate of drug-likeness (QED) is 0.338. The number of ketones is 1. The third-order valence-corrected chi connectivity index (χ3v) is 5.69. The topological polar surface area (TPSA) is 95.9 Å². The first-order chi connectivity index (χ1) is 16.0. The first kappa shape index (κ1) is 20.8. The van der Waals surface area contributed by atoms with Gasteiger partial charge in [-0.25, -0.2) is 9.97 Å². The molecule has 0 aliphatic heterocycles. The summed E-state index contributed by atoms with van der Waals surface area (Å²) in [5.74, 6) is 0.417. The van der Waals surface area contributed by atoms with E-state index in [1.807, 2.05) is 49.4 Å². The van der Waals surface area contributed by atoms with Crippen LogP contribution in [0.3, 0.4) is 0 Å². The van der Waals surface area contributed by atoms with Gasteiger partial charge >= 0.3 is 0 Å². The van der Waals surface area contributed by atoms with E-state index in [1.54, 1.807) is 19.4 Å². The molecular weight excluding hydrogens is 442 g/mol. The second-order valence-corrected chi connectivity index (χ2v) is 7.84. The minimum absolute atomic E-state index is 0.0416. The summed E-state index contributed by atoms with van der Waals surface area (Å²) < 4.78 is 12.8. The number of fused-ring (bicyclic) bond motifs is 1. The predicted octanol–water partition coefficient (Wildman–Crippen LogP) is 4.73. The molecule has 0 radical (unpaired) electrons. The predicted molar refractivity (Wildman–Crippen MR) is 123 cm³/mol. The Kier molecular flexibility index (Phi) is 5.35. The summed E-state index contributed by atoms with van der Waals surface area (Å²) in [5.41, 5.74) is 3.67. The number of ether oxygens (including phenoxy) is 1. The third kappa shape index (κ3) is 3.85. The van der Waals surface area contributed by atoms with Gasteiger partial charge in [0.1, 0.15) is 17.8 Å². The van der Waals surface area contributed by atoms with Crippen LogP contribution < -0.4 is 4.74 Å². The largest absolute Gasteiger partial charge is 0.497 e. The standard InChI is InChI=1S/C24H18ClN5O3/c1-14-21(22(31)23-28-24(33-29-23)19-9-10-26-13-27-19)18-11-17(32-2)7-8-20(18)30(14)12-15-3-5-16(25)6-4-15/h3-11,13H,12H2,1-2H3. The summed E-state index contributed by atoms with van der Waals surface area (Å²) in [6, 6.07) is 14.9. The minimum atomic E-state index is -0.343. The van der Waals surface area contributed by atoms with Gasteiger partial charge in [-0.3, -0.25) is 4.79 Å². The second-order valence-electron chi connectivity index (χ2n) is 7.40. The van der Waals surface area contributed by atoms with Crippen molar-refractivity contribution in [1.82, 2.24) is 24.7 Å². The summed E-state index contributed by atoms with van der Waals surface area (Å²) >= 11 is 6.04. The van der Waals surface area contributed by atoms with E-state index in [-0.39, 0.29) is 17.5 Å². The Morgan fingerprint density at radius 3 is 2.70 bits per heavy atom. The van der Waals surface area contributed by atoms with Gasteiger partial charge in [-0.05, 0) is 48.9 Å². The number of aromatic nitrogens is 5. The maximum atomic E-state index is 13.5. The molecule has 9 heteroatoms. The smallest absolute Gasteiger partial charge is 0.277 e. The van der Waals surface area contributed by atoms with Crippen LogP contribution in [-0.2, 0) is 6.54 Å². The second kappa shape index (κ2) is 8.48. The maximum Gasteiger partial charge on any atom is 0.277 e. The van der Waals surface area contributed by atoms with Crippen molar-refractivity contribution in [2.75, 3.05) is 7.11 Å². The van der Waals surface area contributed by atoms with E-state index in [0.717, 1.165) is 22.2 Å². The van der Waals surface area contributed by atoms with Gasteiger partial charge in [0.2, 0.25) is 11.6 Å². The van der Waals surface area contributed by atoms with Crippen LogP contribution in [0.25, 0.3) is 22.5 Å². The Hall–Kier alpha value is -4.04. The van der Waals surface area contributed by atoms with Gasteiger partial charge in [-0.1, -0.05) is 28.9 Å². The van der Waals surface area contributed by atoms with Crippen LogP contribution in [0.5, 0.6) is 5.75 Å². The molecule has 0 saturated heterocycles. The van der Waals surface area contributed by atoms with Crippen molar-refractivity contribution >= 4 is 28.3 Å². The van der Waals surface area contributed by atoms with E-state index >= 15 is 0 Å². The van der Waals surface area contributed by atoms with Gasteiger partial charge in [0.25, 0.3) is 5.89 Å². The van der Waals surface area contributed by atoms with Crippen molar-refractivity contribution in [2.24, 2.45) is 0 Å². The highest BCUT2D eigenvalue weighted by molar-refractivity contribution is 6.30. The molecule has 3 heterocycles. The van der Waals surface area contributed by atoms with E-state index in [1.165, 1.54) is 6.33 Å². The number of carbonyl (C=O) groups is 1. The average Bonchev–Trinajstić information content (AvgIpc) is 3.44. The maximum absolute atomic E-state index is 13.5. The molecule has 164 valence electrons. The van der Waals surface area contributed by atoms with Crippen molar-refractivity contribution in [3.63, 3.8) is 0 Å². The van der Waals surface area contributed by atoms with Crippen LogP contribution in [0.15, 0.2) is 65.6 Å². The van der Waals surface area contributed by atoms with Gasteiger partial charge in [-0.15, -0.1) is 0 Å². The average molecular weight is 460 g/mol. The first-order valence-corrected chi connectivity index (χ1v) is 10.5. The Labute approximate surface area is 193 Å². The minimum Gasteiger partial charge on any atom is -0.497 e. The third-order valence-electron chi connectivity index (χ3n) is 5.44. The zero-order chi connectivity index (χ0) is 22.9. The van der Waals surface area contributed by atoms with E-state index in [2.05, 4.69) is 24.7 Å². The molecule has 3 aromatic heterocycles. The van der Waals surface area contributed by atoms with Crippen molar-refractivity contribution in [3.05, 3.63) is 88.7 Å². The molecular formula is C24H18ClN5O3. The highest BCUT2D eigenvalue weighted by atomic mass is 35.5. The number of rotatable bonds is 6. The lowest BCUT2D eigenvalue weighted by molar-refractivity contribution is 0.102. The van der Waals surface area contributed by atoms with Crippen LogP contribution >= 0.6 is 11.6 Å². The molecule has 0 atom stereocenters. The lowest BCUT2D eigenvalue weighted by Crippen LogP contribution is -2.07. The molecule has 8 nitrogen and oxygen atoms in total. The molecule has 5 rings (SSSR count). The van der Waals surface area contributed by atoms with Crippen molar-refractivity contribution in [3.8, 4) is 17.3 Å². The number of hydrogen-bond acceptors (Lipinski definition) is 7. The lowest BCUT2D eigenvalue weighted by Gasteiger charge is -2.09. The van der Waals surface area contributed by atoms with Crippen LogP contribution in [0, 0.1) is 6.92 Å². The normalized spacial score (nSPS) is 11.1. The van der Waals surface area contributed by atoms with Crippen molar-refractivity contribution in [2.45, 2.75) is 13.5 Å². The molecule has 0 amide bonds. The van der Waals surface area contributed by atoms with Crippen molar-refractivity contribution < 1.29 is 14.1 Å². The van der Waals surface area contributed by atoms with Crippen LogP contribution in [0.1, 0.15) is 27.4 Å². The summed E-state index contributed by atoms with van der Waals surface area (Å²) in [6.45, 7) is 2.47. The molecule has 0 aliphatic rings. The van der Waals surface area contributed by atoms with E-state index in [4.69, 9.17) is 20.9 Å². The number of halogens is 1. The molecule has 0 unspecified atom stereocenters. The van der Waals surface area contributed by atoms with E-state index in [0.29, 0.717) is 28.6 Å². The number of methoxy groups -OCH3 is 1. The highest BCUT2D eigenvalue weighted by Crippen LogP contribution is 2.32. The van der Waals surface area contributed by atoms with Gasteiger partial charge in [0.15, 0.2) is 0 Å². The van der Waals surface area contributed by atoms with Gasteiger partial charge in [0.05, 0.1) is 12.7 Å². The van der Waals surface area contributed by atoms with E-state index < -0.39 is 0 Å². The first-order valence-electron chi connectivity index (χ1n) is 10.1. The van der Waals surface area contributed by atoms with Crippen LogP contribution in [0.2, 0.25) is 5.02 Å². The molecule has 0 bridgehead atoms. The SMILES string of the molecule is COc1ccc2c(c1)c(C(=O)c1noc(-c3ccncn3)n1)c(C)n2Cc1ccc(Cl)cc1. The van der Waals surface area contributed by atoms with Gasteiger partial charge in [-0.2, -0.15) is 4.98 Å². The zero-order valence-corrected chi connectivity index (χ0v) is 18.6. The lowest BCUT2D eigenvalue weighted by atomic mass is 10.1. The number of benzene rings is 2. The Bertz CT molecular complexity index is 1460. The molecule has 2 aromatic carbocycles. The van der Waals surface area contributed by atoms with Crippen LogP contribution in [0.4, 0.5) is 0 Å². The Morgan fingerprint density at radius 2 is 1.97 bits per heavy atom. The summed E-state index contributed by atoms with van der Waals surface area (Å²) in [6.07, 6.45) is 2.94. The number of nitrogens with zero attached hydrogens (tertiary/aromatic N) is 5. The Morgan fingerprint density at radius 1 is 1.15 bits per heavy atom. The zero-order valence-electron chi connectivity index (χ0n) is 17.8. The molecule has 33 heavy (non-hydrogen) atoms. The van der Waals surface area contributed by atoms with Gasteiger partial charge < -0.3 is 13.8 Å². The number of hydrogen-bond donors (Lipinski definition) is 0. The molecule has 0 N–H and O–H groups in total. The fourth-order valence-corrected chi connectivity index (χ4v) is 3.93. The summed E-state index contributed by atoms with van der Waals surface area (Å²) in [5, 5.41) is 5.33. The molecule has 5 aromatic rings. The Balaban J connectivity index is 1.61. The van der Waals surface area contributed by atoms with Crippen molar-refractivity contribution in [1.29, 1.82) is 0 Å². The number of carbonyl (C=O) groups excluding carboxylic acids is 1. The fraction of sp³-hybridized carbons (Fsp3) is 0.125. The highest BCUT2D eigenvalue weighted by Gasteiger charge is 2.26.